The van der Waals surface area contributed by atoms with Crippen molar-refractivity contribution in [2.24, 2.45) is 5.73 Å². The van der Waals surface area contributed by atoms with Gasteiger partial charge in [-0.05, 0) is 31.4 Å². The van der Waals surface area contributed by atoms with Gasteiger partial charge in [-0.15, -0.1) is 0 Å². The summed E-state index contributed by atoms with van der Waals surface area (Å²) in [6, 6.07) is 6.48. The fourth-order valence-electron chi connectivity index (χ4n) is 3.13. The summed E-state index contributed by atoms with van der Waals surface area (Å²) in [6.07, 6.45) is 2.71. The van der Waals surface area contributed by atoms with Gasteiger partial charge in [0, 0.05) is 19.5 Å². The number of carbonyl (C=O) groups excluding carboxylic acids is 2. The van der Waals surface area contributed by atoms with Crippen LogP contribution in [-0.2, 0) is 4.79 Å². The molecule has 2 aromatic rings. The summed E-state index contributed by atoms with van der Waals surface area (Å²) in [4.78, 5) is 33.8. The second kappa shape index (κ2) is 8.55. The third-order valence-electron chi connectivity index (χ3n) is 4.71. The fraction of sp³-hybridized carbons (Fsp3) is 0.474. The number of halogens is 2. The zero-order chi connectivity index (χ0) is 20.1. The molecule has 7 nitrogen and oxygen atoms in total. The second-order valence-corrected chi connectivity index (χ2v) is 6.97. The molecule has 1 aliphatic rings. The van der Waals surface area contributed by atoms with E-state index in [1.165, 1.54) is 6.20 Å². The van der Waals surface area contributed by atoms with E-state index in [0.29, 0.717) is 36.8 Å². The number of hydrogen-bond acceptors (Lipinski definition) is 5. The average Bonchev–Trinajstić information content (AvgIpc) is 3.06. The van der Waals surface area contributed by atoms with Crippen LogP contribution in [0.4, 0.5) is 8.78 Å². The van der Waals surface area contributed by atoms with Gasteiger partial charge in [-0.1, -0.05) is 12.1 Å². The molecule has 0 aliphatic carbocycles. The highest BCUT2D eigenvalue weighted by atomic mass is 19.3. The van der Waals surface area contributed by atoms with Gasteiger partial charge < -0.3 is 16.0 Å². The Bertz CT molecular complexity index is 861. The monoisotopic (exact) mass is 391 g/mol. The van der Waals surface area contributed by atoms with Gasteiger partial charge in [0.1, 0.15) is 5.69 Å². The highest BCUT2D eigenvalue weighted by molar-refractivity contribution is 5.93. The van der Waals surface area contributed by atoms with Crippen molar-refractivity contribution < 1.29 is 18.4 Å². The summed E-state index contributed by atoms with van der Waals surface area (Å²) < 4.78 is 26.4. The number of rotatable bonds is 7. The van der Waals surface area contributed by atoms with Crippen molar-refractivity contribution >= 4 is 22.8 Å². The molecule has 3 N–H and O–H groups in total. The number of likely N-dealkylation sites (tertiary alicyclic amines) is 1. The van der Waals surface area contributed by atoms with E-state index in [1.54, 1.807) is 6.07 Å². The molecule has 9 heteroatoms. The van der Waals surface area contributed by atoms with Crippen LogP contribution in [0.5, 0.6) is 0 Å². The summed E-state index contributed by atoms with van der Waals surface area (Å²) in [5.41, 5.74) is 7.43. The minimum Gasteiger partial charge on any atom is -0.351 e. The summed E-state index contributed by atoms with van der Waals surface area (Å²) in [7, 11) is 0. The number of aromatic nitrogens is 2. The molecule has 0 radical (unpaired) electrons. The average molecular weight is 391 g/mol. The van der Waals surface area contributed by atoms with Crippen LogP contribution >= 0.6 is 0 Å². The normalized spacial score (nSPS) is 16.9. The van der Waals surface area contributed by atoms with Crippen LogP contribution in [-0.4, -0.2) is 58.3 Å². The van der Waals surface area contributed by atoms with E-state index in [2.05, 4.69) is 15.3 Å². The molecule has 3 rings (SSSR count). The smallest absolute Gasteiger partial charge is 0.271 e. The van der Waals surface area contributed by atoms with Gasteiger partial charge in [-0.3, -0.25) is 14.6 Å². The van der Waals surface area contributed by atoms with Crippen molar-refractivity contribution in [2.75, 3.05) is 19.6 Å². The number of alkyl halides is 2. The molecule has 1 fully saturated rings. The molecule has 150 valence electrons. The lowest BCUT2D eigenvalue weighted by Gasteiger charge is -2.20. The SMILES string of the molecule is NC(CCCCNC(=O)c1cnc2ccccc2n1)C(=O)N1CCC(F)(F)C1. The molecule has 28 heavy (non-hydrogen) atoms. The number of nitrogens with zero attached hydrogens (tertiary/aromatic N) is 3. The van der Waals surface area contributed by atoms with Crippen molar-refractivity contribution in [1.29, 1.82) is 0 Å². The van der Waals surface area contributed by atoms with Crippen LogP contribution in [0.15, 0.2) is 30.5 Å². The minimum absolute atomic E-state index is 0.0440. The molecule has 0 saturated carbocycles. The van der Waals surface area contributed by atoms with E-state index >= 15 is 0 Å². The molecule has 2 heterocycles. The topological polar surface area (TPSA) is 101 Å². The van der Waals surface area contributed by atoms with Crippen molar-refractivity contribution in [3.63, 3.8) is 0 Å². The largest absolute Gasteiger partial charge is 0.351 e. The number of unbranched alkanes of at least 4 members (excludes halogenated alkanes) is 1. The first kappa shape index (κ1) is 20.1. The first-order valence-electron chi connectivity index (χ1n) is 9.28. The second-order valence-electron chi connectivity index (χ2n) is 6.97. The van der Waals surface area contributed by atoms with Crippen LogP contribution in [0, 0.1) is 0 Å². The van der Waals surface area contributed by atoms with Gasteiger partial charge in [0.05, 0.1) is 29.8 Å². The maximum Gasteiger partial charge on any atom is 0.271 e. The van der Waals surface area contributed by atoms with Crippen LogP contribution < -0.4 is 11.1 Å². The Morgan fingerprint density at radius 1 is 1.25 bits per heavy atom. The molecular weight excluding hydrogens is 368 g/mol. The molecule has 1 saturated heterocycles. The molecule has 1 aromatic heterocycles. The molecule has 1 aliphatic heterocycles. The number of benzene rings is 1. The van der Waals surface area contributed by atoms with Gasteiger partial charge in [-0.2, -0.15) is 0 Å². The van der Waals surface area contributed by atoms with Crippen LogP contribution in [0.2, 0.25) is 0 Å². The van der Waals surface area contributed by atoms with Crippen molar-refractivity contribution in [1.82, 2.24) is 20.2 Å². The van der Waals surface area contributed by atoms with E-state index in [4.69, 9.17) is 5.73 Å². The molecule has 0 spiro atoms. The van der Waals surface area contributed by atoms with Crippen LogP contribution in [0.25, 0.3) is 11.0 Å². The Morgan fingerprint density at radius 2 is 2.00 bits per heavy atom. The lowest BCUT2D eigenvalue weighted by atomic mass is 10.1. The Balaban J connectivity index is 1.38. The number of hydrogen-bond donors (Lipinski definition) is 2. The number of nitrogens with one attached hydrogen (secondary N) is 1. The molecule has 2 amide bonds. The molecular formula is C19H23F2N5O2. The Hall–Kier alpha value is -2.68. The number of para-hydroxylation sites is 2. The predicted molar refractivity (Wildman–Crippen MR) is 99.8 cm³/mol. The van der Waals surface area contributed by atoms with Crippen molar-refractivity contribution in [2.45, 2.75) is 37.6 Å². The fourth-order valence-corrected chi connectivity index (χ4v) is 3.13. The lowest BCUT2D eigenvalue weighted by Crippen LogP contribution is -2.43. The molecule has 0 bridgehead atoms. The van der Waals surface area contributed by atoms with Crippen LogP contribution in [0.1, 0.15) is 36.2 Å². The number of nitrogens with two attached hydrogens (primary N) is 1. The van der Waals surface area contributed by atoms with Gasteiger partial charge in [0.25, 0.3) is 11.8 Å². The molecule has 1 atom stereocenters. The summed E-state index contributed by atoms with van der Waals surface area (Å²) in [5, 5.41) is 2.76. The first-order chi connectivity index (χ1) is 13.4. The molecule has 1 aromatic carbocycles. The third-order valence-corrected chi connectivity index (χ3v) is 4.71. The zero-order valence-corrected chi connectivity index (χ0v) is 15.4. The van der Waals surface area contributed by atoms with Gasteiger partial charge in [0.2, 0.25) is 5.91 Å². The van der Waals surface area contributed by atoms with Gasteiger partial charge in [-0.25, -0.2) is 13.8 Å². The van der Waals surface area contributed by atoms with E-state index in [1.807, 2.05) is 18.2 Å². The van der Waals surface area contributed by atoms with E-state index in [0.717, 1.165) is 4.90 Å². The lowest BCUT2D eigenvalue weighted by molar-refractivity contribution is -0.133. The van der Waals surface area contributed by atoms with E-state index in [-0.39, 0.29) is 24.6 Å². The maximum atomic E-state index is 13.2. The third kappa shape index (κ3) is 4.98. The Morgan fingerprint density at radius 3 is 2.71 bits per heavy atom. The molecule has 1 unspecified atom stereocenters. The number of carbonyl (C=O) groups is 2. The zero-order valence-electron chi connectivity index (χ0n) is 15.4. The summed E-state index contributed by atoms with van der Waals surface area (Å²) >= 11 is 0. The van der Waals surface area contributed by atoms with Crippen LogP contribution in [0.3, 0.4) is 0 Å². The highest BCUT2D eigenvalue weighted by Gasteiger charge is 2.41. The van der Waals surface area contributed by atoms with E-state index < -0.39 is 24.4 Å². The Kier molecular flexibility index (Phi) is 6.13. The summed E-state index contributed by atoms with van der Waals surface area (Å²) in [5.74, 6) is -3.57. The highest BCUT2D eigenvalue weighted by Crippen LogP contribution is 2.27. The minimum atomic E-state index is -2.81. The summed E-state index contributed by atoms with van der Waals surface area (Å²) in [6.45, 7) is -0.110. The standard InChI is InChI=1S/C19H23F2N5O2/c20-19(21)8-10-26(12-19)18(28)13(22)5-3-4-9-23-17(27)16-11-24-14-6-1-2-7-15(14)25-16/h1-2,6-7,11,13H,3-5,8-10,12,22H2,(H,23,27). The van der Waals surface area contributed by atoms with Crippen molar-refractivity contribution in [3.05, 3.63) is 36.2 Å². The first-order valence-corrected chi connectivity index (χ1v) is 9.28. The van der Waals surface area contributed by atoms with Crippen molar-refractivity contribution in [3.8, 4) is 0 Å². The van der Waals surface area contributed by atoms with E-state index in [9.17, 15) is 18.4 Å². The quantitative estimate of drug-likeness (QED) is 0.700. The Labute approximate surface area is 161 Å². The number of fused-ring (bicyclic) bond motifs is 1. The van der Waals surface area contributed by atoms with Gasteiger partial charge in [0.15, 0.2) is 0 Å². The van der Waals surface area contributed by atoms with Gasteiger partial charge >= 0.3 is 0 Å². The number of amides is 2. The maximum absolute atomic E-state index is 13.2. The predicted octanol–water partition coefficient (Wildman–Crippen LogP) is 1.72.